The van der Waals surface area contributed by atoms with Crippen molar-refractivity contribution in [3.63, 3.8) is 0 Å². The summed E-state index contributed by atoms with van der Waals surface area (Å²) in [5.74, 6) is 1.77. The minimum Gasteiger partial charge on any atom is -0.444 e. The quantitative estimate of drug-likeness (QED) is 0.447. The highest BCUT2D eigenvalue weighted by Gasteiger charge is 2.33. The van der Waals surface area contributed by atoms with Crippen LogP contribution in [0.4, 0.5) is 4.79 Å². The number of allylic oxidation sites excluding steroid dienone is 4. The molecular formula is C31H41ClN4O2. The van der Waals surface area contributed by atoms with E-state index in [1.807, 2.05) is 51.1 Å². The Morgan fingerprint density at radius 1 is 1.26 bits per heavy atom. The van der Waals surface area contributed by atoms with Crippen molar-refractivity contribution in [1.82, 2.24) is 14.5 Å². The maximum absolute atomic E-state index is 12.7. The first kappa shape index (κ1) is 28.0. The number of aromatic nitrogens is 2. The number of imidazole rings is 1. The summed E-state index contributed by atoms with van der Waals surface area (Å²) in [5.41, 5.74) is 11.7. The Morgan fingerprint density at radius 2 is 2.00 bits per heavy atom. The summed E-state index contributed by atoms with van der Waals surface area (Å²) in [5, 5.41) is 0.745. The molecule has 1 atom stereocenters. The standard InChI is InChI=1S/C31H41ClN4O2/c1-21(19-33)14-23-15-24(20-36-13-10-34-22(36)2)16-26-18-27(32)6-7-28(26)29(17-23)25-8-11-35(12-9-25)30(37)38-31(3,4)5/h6-7,10,13-14,16,18-19,25,29H,8-9,11-12,15,17,20,33H2,1-5H3/b21-19-,23-14-,24-16+. The van der Waals surface area contributed by atoms with E-state index in [4.69, 9.17) is 22.1 Å². The second-order valence-corrected chi connectivity index (χ2v) is 12.1. The topological polar surface area (TPSA) is 73.4 Å². The van der Waals surface area contributed by atoms with Crippen molar-refractivity contribution in [2.75, 3.05) is 13.1 Å². The molecule has 6 nitrogen and oxygen atoms in total. The number of nitrogens with two attached hydrogens (primary N) is 1. The van der Waals surface area contributed by atoms with Crippen molar-refractivity contribution in [3.8, 4) is 0 Å². The number of amides is 1. The fourth-order valence-corrected chi connectivity index (χ4v) is 5.82. The number of carbonyl (C=O) groups is 1. The molecule has 1 aromatic heterocycles. The summed E-state index contributed by atoms with van der Waals surface area (Å²) in [7, 11) is 0. The molecule has 1 unspecified atom stereocenters. The molecule has 1 aliphatic carbocycles. The van der Waals surface area contributed by atoms with Crippen LogP contribution in [0.2, 0.25) is 5.02 Å². The van der Waals surface area contributed by atoms with Crippen LogP contribution in [0.25, 0.3) is 6.08 Å². The molecule has 0 bridgehead atoms. The molecule has 1 saturated heterocycles. The van der Waals surface area contributed by atoms with Gasteiger partial charge >= 0.3 is 6.09 Å². The molecule has 204 valence electrons. The van der Waals surface area contributed by atoms with Gasteiger partial charge in [-0.15, -0.1) is 0 Å². The number of fused-ring (bicyclic) bond motifs is 1. The molecule has 0 radical (unpaired) electrons. The zero-order chi connectivity index (χ0) is 27.4. The highest BCUT2D eigenvalue weighted by molar-refractivity contribution is 6.30. The maximum Gasteiger partial charge on any atom is 0.410 e. The molecule has 1 aromatic carbocycles. The zero-order valence-electron chi connectivity index (χ0n) is 23.3. The Balaban J connectivity index is 1.66. The third-order valence-corrected chi connectivity index (χ3v) is 7.73. The predicted octanol–water partition coefficient (Wildman–Crippen LogP) is 7.24. The number of hydrogen-bond donors (Lipinski definition) is 1. The number of rotatable bonds is 4. The second-order valence-electron chi connectivity index (χ2n) is 11.7. The van der Waals surface area contributed by atoms with Crippen molar-refractivity contribution in [2.45, 2.75) is 78.4 Å². The van der Waals surface area contributed by atoms with Gasteiger partial charge < -0.3 is 19.9 Å². The lowest BCUT2D eigenvalue weighted by atomic mass is 9.73. The Kier molecular flexibility index (Phi) is 8.71. The number of benzene rings is 1. The summed E-state index contributed by atoms with van der Waals surface area (Å²) in [6.45, 7) is 12.0. The Morgan fingerprint density at radius 3 is 2.63 bits per heavy atom. The minimum atomic E-state index is -0.487. The first-order valence-corrected chi connectivity index (χ1v) is 13.9. The largest absolute Gasteiger partial charge is 0.444 e. The van der Waals surface area contributed by atoms with Crippen LogP contribution in [0, 0.1) is 12.8 Å². The molecule has 2 N–H and O–H groups in total. The Labute approximate surface area is 232 Å². The highest BCUT2D eigenvalue weighted by Crippen LogP contribution is 2.43. The monoisotopic (exact) mass is 536 g/mol. The van der Waals surface area contributed by atoms with Gasteiger partial charge in [0.1, 0.15) is 11.4 Å². The van der Waals surface area contributed by atoms with E-state index in [1.165, 1.54) is 22.3 Å². The molecule has 1 aliphatic heterocycles. The SMILES string of the molecule is CC(=C/N)/C=C1/C/C(Cn2ccnc2C)=C\c2cc(Cl)ccc2C(C2CCN(C(=O)OC(C)(C)C)CC2)C1. The third kappa shape index (κ3) is 7.10. The van der Waals surface area contributed by atoms with Gasteiger partial charge in [0.2, 0.25) is 0 Å². The predicted molar refractivity (Wildman–Crippen MR) is 155 cm³/mol. The minimum absolute atomic E-state index is 0.215. The van der Waals surface area contributed by atoms with Gasteiger partial charge in [-0.05, 0) is 113 Å². The van der Waals surface area contributed by atoms with Crippen molar-refractivity contribution < 1.29 is 9.53 Å². The smallest absolute Gasteiger partial charge is 0.410 e. The van der Waals surface area contributed by atoms with E-state index in [0.717, 1.165) is 48.6 Å². The van der Waals surface area contributed by atoms with Crippen molar-refractivity contribution >= 4 is 23.8 Å². The summed E-state index contributed by atoms with van der Waals surface area (Å²) in [6, 6.07) is 6.31. The van der Waals surface area contributed by atoms with Crippen LogP contribution in [-0.2, 0) is 11.3 Å². The van der Waals surface area contributed by atoms with Crippen molar-refractivity contribution in [3.05, 3.63) is 81.6 Å². The van der Waals surface area contributed by atoms with Gasteiger partial charge in [0, 0.05) is 37.1 Å². The van der Waals surface area contributed by atoms with Gasteiger partial charge in [0.05, 0.1) is 0 Å². The molecule has 0 spiro atoms. The molecule has 2 aromatic rings. The molecule has 2 aliphatic rings. The molecule has 38 heavy (non-hydrogen) atoms. The third-order valence-electron chi connectivity index (χ3n) is 7.50. The number of carbonyl (C=O) groups excluding carboxylic acids is 1. The molecule has 2 heterocycles. The van der Waals surface area contributed by atoms with Crippen LogP contribution < -0.4 is 5.73 Å². The number of hydrogen-bond acceptors (Lipinski definition) is 4. The number of likely N-dealkylation sites (tertiary alicyclic amines) is 1. The zero-order valence-corrected chi connectivity index (χ0v) is 24.1. The number of aryl methyl sites for hydroxylation is 1. The van der Waals surface area contributed by atoms with Crippen LogP contribution in [-0.4, -0.2) is 39.2 Å². The average Bonchev–Trinajstić information content (AvgIpc) is 3.25. The summed E-state index contributed by atoms with van der Waals surface area (Å²) in [6.07, 6.45) is 13.6. The molecule has 1 amide bonds. The van der Waals surface area contributed by atoms with E-state index < -0.39 is 5.60 Å². The van der Waals surface area contributed by atoms with E-state index in [2.05, 4.69) is 40.8 Å². The number of halogens is 1. The van der Waals surface area contributed by atoms with E-state index in [1.54, 1.807) is 6.20 Å². The molecule has 4 rings (SSSR count). The van der Waals surface area contributed by atoms with Gasteiger partial charge in [0.15, 0.2) is 0 Å². The van der Waals surface area contributed by atoms with Gasteiger partial charge in [-0.3, -0.25) is 0 Å². The number of piperidine rings is 1. The van der Waals surface area contributed by atoms with Gasteiger partial charge in [-0.2, -0.15) is 0 Å². The Bertz CT molecular complexity index is 1240. The number of ether oxygens (including phenoxy) is 1. The fourth-order valence-electron chi connectivity index (χ4n) is 5.64. The van der Waals surface area contributed by atoms with E-state index in [-0.39, 0.29) is 6.09 Å². The van der Waals surface area contributed by atoms with Gasteiger partial charge in [-0.25, -0.2) is 9.78 Å². The molecule has 7 heteroatoms. The molecule has 0 saturated carbocycles. The summed E-state index contributed by atoms with van der Waals surface area (Å²) < 4.78 is 7.82. The summed E-state index contributed by atoms with van der Waals surface area (Å²) >= 11 is 6.51. The Hall–Kier alpha value is -2.99. The average molecular weight is 537 g/mol. The van der Waals surface area contributed by atoms with E-state index in [9.17, 15) is 4.79 Å². The van der Waals surface area contributed by atoms with Crippen LogP contribution in [0.5, 0.6) is 0 Å². The first-order chi connectivity index (χ1) is 18.0. The lowest BCUT2D eigenvalue weighted by molar-refractivity contribution is 0.0173. The van der Waals surface area contributed by atoms with Gasteiger partial charge in [0.25, 0.3) is 0 Å². The normalized spacial score (nSPS) is 21.9. The summed E-state index contributed by atoms with van der Waals surface area (Å²) in [4.78, 5) is 18.9. The van der Waals surface area contributed by atoms with Crippen LogP contribution in [0.15, 0.2) is 59.6 Å². The van der Waals surface area contributed by atoms with Crippen LogP contribution >= 0.6 is 11.6 Å². The van der Waals surface area contributed by atoms with Crippen molar-refractivity contribution in [2.24, 2.45) is 11.7 Å². The van der Waals surface area contributed by atoms with Gasteiger partial charge in [-0.1, -0.05) is 35.4 Å². The maximum atomic E-state index is 12.7. The molecule has 1 fully saturated rings. The van der Waals surface area contributed by atoms with Crippen LogP contribution in [0.3, 0.4) is 0 Å². The lowest BCUT2D eigenvalue weighted by Gasteiger charge is -2.38. The lowest BCUT2D eigenvalue weighted by Crippen LogP contribution is -2.42. The number of nitrogens with zero attached hydrogens (tertiary/aromatic N) is 3. The molecular weight excluding hydrogens is 496 g/mol. The van der Waals surface area contributed by atoms with E-state index in [0.29, 0.717) is 24.9 Å². The van der Waals surface area contributed by atoms with Crippen molar-refractivity contribution in [1.29, 1.82) is 0 Å². The first-order valence-electron chi connectivity index (χ1n) is 13.5. The van der Waals surface area contributed by atoms with E-state index >= 15 is 0 Å². The highest BCUT2D eigenvalue weighted by atomic mass is 35.5. The second kappa shape index (κ2) is 11.8. The fraction of sp³-hybridized carbons (Fsp3) is 0.484. The van der Waals surface area contributed by atoms with Crippen LogP contribution in [0.1, 0.15) is 76.2 Å².